The molecule has 0 saturated heterocycles. The third-order valence-corrected chi connectivity index (χ3v) is 5.41. The zero-order valence-electron chi connectivity index (χ0n) is 20.9. The molecule has 0 fully saturated rings. The Hall–Kier alpha value is -3.21. The minimum absolute atomic E-state index is 0.0832. The Labute approximate surface area is 212 Å². The average Bonchev–Trinajstić information content (AvgIpc) is 2.88. The van der Waals surface area contributed by atoms with Gasteiger partial charge in [-0.2, -0.15) is 0 Å². The van der Waals surface area contributed by atoms with E-state index in [0.29, 0.717) is 25.8 Å². The highest BCUT2D eigenvalue weighted by atomic mass is 16.5. The van der Waals surface area contributed by atoms with Gasteiger partial charge in [-0.25, -0.2) is 0 Å². The minimum Gasteiger partial charge on any atom is -0.468 e. The van der Waals surface area contributed by atoms with Crippen LogP contribution in [0.4, 0.5) is 0 Å². The molecule has 9 nitrogen and oxygen atoms in total. The maximum Gasteiger partial charge on any atom is 0.373 e. The second kappa shape index (κ2) is 16.5. The molecule has 0 radical (unpaired) electrons. The Bertz CT molecular complexity index is 871. The Kier molecular flexibility index (Phi) is 13.3. The van der Waals surface area contributed by atoms with Crippen molar-refractivity contribution in [1.82, 2.24) is 10.1 Å². The van der Waals surface area contributed by atoms with E-state index in [-0.39, 0.29) is 26.3 Å². The molecule has 2 aromatic carbocycles. The maximum atomic E-state index is 12.6. The molecule has 0 saturated carbocycles. The van der Waals surface area contributed by atoms with Crippen LogP contribution in [0.1, 0.15) is 30.4 Å². The van der Waals surface area contributed by atoms with Gasteiger partial charge in [0.15, 0.2) is 0 Å². The molecule has 0 spiro atoms. The standard InChI is InChI=1S/C26H35BN2O7/c1-27(33)28-16-10-9-15-23(26(32)34-2)29(17-24(30)35-19-21-11-5-3-6-12-21)18-25(31)36-20-22-13-7-4-8-14-22/h3-8,11-14,23,28,33H,9-10,15-20H2,1-2H3/t23-/m0/s1. The maximum absolute atomic E-state index is 12.6. The molecule has 1 atom stereocenters. The van der Waals surface area contributed by atoms with Gasteiger partial charge in [0.1, 0.15) is 19.3 Å². The Morgan fingerprint density at radius 1 is 0.889 bits per heavy atom. The lowest BCUT2D eigenvalue weighted by Crippen LogP contribution is -2.47. The molecule has 2 aromatic rings. The van der Waals surface area contributed by atoms with Gasteiger partial charge in [0.05, 0.1) is 20.2 Å². The summed E-state index contributed by atoms with van der Waals surface area (Å²) >= 11 is 0. The first kappa shape index (κ1) is 29.0. The van der Waals surface area contributed by atoms with E-state index < -0.39 is 31.0 Å². The summed E-state index contributed by atoms with van der Waals surface area (Å²) in [4.78, 5) is 39.4. The second-order valence-electron chi connectivity index (χ2n) is 8.36. The van der Waals surface area contributed by atoms with Gasteiger partial charge in [0, 0.05) is 0 Å². The Balaban J connectivity index is 2.04. The SMILES string of the molecule is COC(=O)[C@H](CCCCNB(C)O)N(CC(=O)OCc1ccccc1)CC(=O)OCc1ccccc1. The van der Waals surface area contributed by atoms with Crippen molar-refractivity contribution < 1.29 is 33.6 Å². The third kappa shape index (κ3) is 11.5. The van der Waals surface area contributed by atoms with E-state index in [1.54, 1.807) is 6.82 Å². The van der Waals surface area contributed by atoms with Crippen molar-refractivity contribution >= 4 is 25.0 Å². The highest BCUT2D eigenvalue weighted by Gasteiger charge is 2.30. The van der Waals surface area contributed by atoms with Crippen molar-refractivity contribution in [1.29, 1.82) is 0 Å². The molecule has 2 rings (SSSR count). The molecule has 0 amide bonds. The topological polar surface area (TPSA) is 114 Å². The number of hydrogen-bond donors (Lipinski definition) is 2. The van der Waals surface area contributed by atoms with Gasteiger partial charge < -0.3 is 24.5 Å². The smallest absolute Gasteiger partial charge is 0.373 e. The lowest BCUT2D eigenvalue weighted by Gasteiger charge is -2.28. The van der Waals surface area contributed by atoms with Crippen LogP contribution in [-0.2, 0) is 41.8 Å². The van der Waals surface area contributed by atoms with Crippen LogP contribution in [0.3, 0.4) is 0 Å². The molecular weight excluding hydrogens is 463 g/mol. The van der Waals surface area contributed by atoms with Gasteiger partial charge in [0.2, 0.25) is 0 Å². The third-order valence-electron chi connectivity index (χ3n) is 5.41. The molecule has 36 heavy (non-hydrogen) atoms. The van der Waals surface area contributed by atoms with E-state index in [1.165, 1.54) is 12.0 Å². The number of unbranched alkanes of at least 4 members (excludes halogenated alkanes) is 1. The fraction of sp³-hybridized carbons (Fsp3) is 0.423. The lowest BCUT2D eigenvalue weighted by molar-refractivity contribution is -0.156. The summed E-state index contributed by atoms with van der Waals surface area (Å²) in [7, 11) is 0.640. The first-order valence-corrected chi connectivity index (χ1v) is 12.0. The number of ether oxygens (including phenoxy) is 3. The van der Waals surface area contributed by atoms with Gasteiger partial charge in [-0.3, -0.25) is 19.3 Å². The van der Waals surface area contributed by atoms with Crippen molar-refractivity contribution in [2.45, 2.75) is 45.3 Å². The predicted octanol–water partition coefficient (Wildman–Crippen LogP) is 2.19. The van der Waals surface area contributed by atoms with E-state index in [9.17, 15) is 19.4 Å². The highest BCUT2D eigenvalue weighted by molar-refractivity contribution is 6.45. The van der Waals surface area contributed by atoms with Crippen LogP contribution in [0, 0.1) is 0 Å². The number of hydrogen-bond acceptors (Lipinski definition) is 9. The molecule has 0 aromatic heterocycles. The van der Waals surface area contributed by atoms with E-state index in [1.807, 2.05) is 60.7 Å². The first-order chi connectivity index (χ1) is 17.4. The van der Waals surface area contributed by atoms with Crippen LogP contribution in [0.15, 0.2) is 60.7 Å². The molecule has 0 unspecified atom stereocenters. The van der Waals surface area contributed by atoms with Crippen LogP contribution in [-0.4, -0.2) is 67.7 Å². The molecule has 2 N–H and O–H groups in total. The number of esters is 3. The van der Waals surface area contributed by atoms with Crippen molar-refractivity contribution in [2.24, 2.45) is 0 Å². The molecule has 0 aliphatic heterocycles. The van der Waals surface area contributed by atoms with Crippen molar-refractivity contribution in [3.8, 4) is 0 Å². The summed E-state index contributed by atoms with van der Waals surface area (Å²) in [6.45, 7) is 1.79. The summed E-state index contributed by atoms with van der Waals surface area (Å²) in [5, 5.41) is 12.2. The van der Waals surface area contributed by atoms with Crippen molar-refractivity contribution in [3.05, 3.63) is 71.8 Å². The molecule has 0 aliphatic carbocycles. The monoisotopic (exact) mass is 498 g/mol. The fourth-order valence-corrected chi connectivity index (χ4v) is 3.53. The molecule has 0 bridgehead atoms. The number of carbonyl (C=O) groups is 3. The summed E-state index contributed by atoms with van der Waals surface area (Å²) in [6.07, 6.45) is 1.64. The highest BCUT2D eigenvalue weighted by Crippen LogP contribution is 2.13. The van der Waals surface area contributed by atoms with Crippen LogP contribution in [0.5, 0.6) is 0 Å². The normalized spacial score (nSPS) is 11.6. The summed E-state index contributed by atoms with van der Waals surface area (Å²) in [6, 6.07) is 17.6. The van der Waals surface area contributed by atoms with E-state index in [2.05, 4.69) is 5.23 Å². The van der Waals surface area contributed by atoms with Gasteiger partial charge in [-0.1, -0.05) is 67.1 Å². The number of rotatable bonds is 16. The van der Waals surface area contributed by atoms with Gasteiger partial charge in [-0.05, 0) is 37.3 Å². The molecule has 0 aliphatic rings. The van der Waals surface area contributed by atoms with Gasteiger partial charge >= 0.3 is 25.0 Å². The van der Waals surface area contributed by atoms with Crippen LogP contribution >= 0.6 is 0 Å². The molecular formula is C26H35BN2O7. The fourth-order valence-electron chi connectivity index (χ4n) is 3.53. The predicted molar refractivity (Wildman–Crippen MR) is 136 cm³/mol. The Morgan fingerprint density at radius 2 is 1.39 bits per heavy atom. The number of nitrogens with one attached hydrogen (secondary N) is 1. The van der Waals surface area contributed by atoms with Crippen molar-refractivity contribution in [3.63, 3.8) is 0 Å². The zero-order valence-corrected chi connectivity index (χ0v) is 20.9. The molecule has 0 heterocycles. The summed E-state index contributed by atoms with van der Waals surface area (Å²) < 4.78 is 15.7. The summed E-state index contributed by atoms with van der Waals surface area (Å²) in [5.41, 5.74) is 1.66. The van der Waals surface area contributed by atoms with Crippen LogP contribution in [0.25, 0.3) is 0 Å². The lowest BCUT2D eigenvalue weighted by atomic mass is 9.89. The minimum atomic E-state index is -0.838. The Morgan fingerprint density at radius 3 is 1.83 bits per heavy atom. The number of nitrogens with zero attached hydrogens (tertiary/aromatic N) is 1. The van der Waals surface area contributed by atoms with Crippen LogP contribution in [0.2, 0.25) is 6.82 Å². The average molecular weight is 498 g/mol. The second-order valence-corrected chi connectivity index (χ2v) is 8.36. The quantitative estimate of drug-likeness (QED) is 0.156. The van der Waals surface area contributed by atoms with Crippen LogP contribution < -0.4 is 5.23 Å². The number of benzene rings is 2. The summed E-state index contributed by atoms with van der Waals surface area (Å²) in [5.74, 6) is -1.69. The molecule has 10 heteroatoms. The number of methoxy groups -OCH3 is 1. The van der Waals surface area contributed by atoms with E-state index in [4.69, 9.17) is 14.2 Å². The zero-order chi connectivity index (χ0) is 26.2. The van der Waals surface area contributed by atoms with Gasteiger partial charge in [0.25, 0.3) is 0 Å². The van der Waals surface area contributed by atoms with Crippen molar-refractivity contribution in [2.75, 3.05) is 26.7 Å². The van der Waals surface area contributed by atoms with Gasteiger partial charge in [-0.15, -0.1) is 0 Å². The number of carbonyl (C=O) groups excluding carboxylic acids is 3. The first-order valence-electron chi connectivity index (χ1n) is 12.0. The largest absolute Gasteiger partial charge is 0.468 e. The van der Waals surface area contributed by atoms with E-state index in [0.717, 1.165) is 11.1 Å². The molecule has 194 valence electrons. The van der Waals surface area contributed by atoms with E-state index >= 15 is 0 Å².